The van der Waals surface area contributed by atoms with E-state index in [1.54, 1.807) is 24.3 Å². The van der Waals surface area contributed by atoms with Gasteiger partial charge in [-0.15, -0.1) is 11.8 Å². The molecule has 0 aliphatic rings. The first-order valence-electron chi connectivity index (χ1n) is 5.75. The van der Waals surface area contributed by atoms with E-state index in [0.717, 1.165) is 10.6 Å². The average Bonchev–Trinajstić information content (AvgIpc) is 2.46. The van der Waals surface area contributed by atoms with Gasteiger partial charge in [-0.3, -0.25) is 10.2 Å². The molecular weight excluding hydrogens is 296 g/mol. The number of nitrogens with zero attached hydrogens (tertiary/aromatic N) is 1. The Morgan fingerprint density at radius 1 is 1.35 bits per heavy atom. The summed E-state index contributed by atoms with van der Waals surface area (Å²) in [6, 6.07) is 10.6. The zero-order chi connectivity index (χ0) is 14.5. The highest BCUT2D eigenvalue weighted by atomic mass is 35.5. The number of carbonyl (C=O) groups excluding carboxylic acids is 1. The van der Waals surface area contributed by atoms with Crippen molar-refractivity contribution in [3.8, 4) is 0 Å². The molecule has 0 fully saturated rings. The summed E-state index contributed by atoms with van der Waals surface area (Å²) in [6.07, 6.45) is 0. The molecule has 2 aromatic rings. The van der Waals surface area contributed by atoms with E-state index in [1.165, 1.54) is 11.8 Å². The number of aromatic nitrogens is 1. The standard InChI is InChI=1S/C13H13ClN4OS/c14-10-6-8(15)4-5-12(10)20-7-9-2-1-3-11(17-9)13(19)18-16/h1-6H,7,15-16H2,(H,18,19). The predicted molar refractivity (Wildman–Crippen MR) is 81.3 cm³/mol. The molecule has 2 rings (SSSR count). The van der Waals surface area contributed by atoms with Crippen molar-refractivity contribution in [3.05, 3.63) is 52.8 Å². The van der Waals surface area contributed by atoms with Gasteiger partial charge in [-0.25, -0.2) is 10.8 Å². The summed E-state index contributed by atoms with van der Waals surface area (Å²) in [5.74, 6) is 5.26. The summed E-state index contributed by atoms with van der Waals surface area (Å²) in [5.41, 5.74) is 9.37. The predicted octanol–water partition coefficient (Wildman–Crippen LogP) is 2.21. The van der Waals surface area contributed by atoms with Gasteiger partial charge >= 0.3 is 0 Å². The summed E-state index contributed by atoms with van der Waals surface area (Å²) < 4.78 is 0. The zero-order valence-electron chi connectivity index (χ0n) is 10.5. The van der Waals surface area contributed by atoms with E-state index in [0.29, 0.717) is 16.5 Å². The minimum atomic E-state index is -0.414. The second-order valence-electron chi connectivity index (χ2n) is 3.97. The van der Waals surface area contributed by atoms with Gasteiger partial charge in [0.2, 0.25) is 0 Å². The molecule has 0 saturated carbocycles. The van der Waals surface area contributed by atoms with Crippen molar-refractivity contribution in [1.29, 1.82) is 0 Å². The normalized spacial score (nSPS) is 10.3. The minimum absolute atomic E-state index is 0.286. The van der Waals surface area contributed by atoms with Gasteiger partial charge < -0.3 is 5.73 Å². The number of pyridine rings is 1. The number of nitrogens with one attached hydrogen (secondary N) is 1. The lowest BCUT2D eigenvalue weighted by Crippen LogP contribution is -2.30. The van der Waals surface area contributed by atoms with E-state index in [4.69, 9.17) is 23.2 Å². The third-order valence-corrected chi connectivity index (χ3v) is 4.03. The highest BCUT2D eigenvalue weighted by Gasteiger charge is 2.07. The van der Waals surface area contributed by atoms with Gasteiger partial charge in [0, 0.05) is 16.3 Å². The van der Waals surface area contributed by atoms with Crippen LogP contribution in [0.4, 0.5) is 5.69 Å². The lowest BCUT2D eigenvalue weighted by Gasteiger charge is -2.06. The Hall–Kier alpha value is -1.76. The summed E-state index contributed by atoms with van der Waals surface area (Å²) in [4.78, 5) is 16.5. The zero-order valence-corrected chi connectivity index (χ0v) is 12.0. The molecule has 0 spiro atoms. The monoisotopic (exact) mass is 308 g/mol. The molecule has 1 heterocycles. The first kappa shape index (κ1) is 14.6. The topological polar surface area (TPSA) is 94.0 Å². The Balaban J connectivity index is 2.09. The van der Waals surface area contributed by atoms with Crippen molar-refractivity contribution in [3.63, 3.8) is 0 Å². The Morgan fingerprint density at radius 2 is 2.15 bits per heavy atom. The molecule has 0 aliphatic carbocycles. The van der Waals surface area contributed by atoms with Crippen LogP contribution in [0.3, 0.4) is 0 Å². The van der Waals surface area contributed by atoms with Crippen LogP contribution in [0, 0.1) is 0 Å². The molecule has 0 saturated heterocycles. The Bertz CT molecular complexity index is 636. The number of halogens is 1. The number of anilines is 1. The molecular formula is C13H13ClN4OS. The van der Waals surface area contributed by atoms with Crippen LogP contribution in [0.5, 0.6) is 0 Å². The maximum Gasteiger partial charge on any atom is 0.283 e. The fraction of sp³-hybridized carbons (Fsp3) is 0.0769. The molecule has 5 N–H and O–H groups in total. The van der Waals surface area contributed by atoms with Crippen molar-refractivity contribution in [1.82, 2.24) is 10.4 Å². The summed E-state index contributed by atoms with van der Waals surface area (Å²) in [7, 11) is 0. The van der Waals surface area contributed by atoms with Gasteiger partial charge in [-0.2, -0.15) is 0 Å². The van der Waals surface area contributed by atoms with Crippen molar-refractivity contribution in [2.45, 2.75) is 10.6 Å². The molecule has 0 aliphatic heterocycles. The average molecular weight is 309 g/mol. The number of thioether (sulfide) groups is 1. The smallest absolute Gasteiger partial charge is 0.283 e. The number of hydrogen-bond donors (Lipinski definition) is 3. The van der Waals surface area contributed by atoms with Gasteiger partial charge in [0.25, 0.3) is 5.91 Å². The van der Waals surface area contributed by atoms with Crippen molar-refractivity contribution in [2.24, 2.45) is 5.84 Å². The van der Waals surface area contributed by atoms with Gasteiger partial charge in [0.15, 0.2) is 0 Å². The molecule has 0 radical (unpaired) electrons. The van der Waals surface area contributed by atoms with Crippen LogP contribution in [0.15, 0.2) is 41.3 Å². The van der Waals surface area contributed by atoms with E-state index < -0.39 is 5.91 Å². The van der Waals surface area contributed by atoms with Gasteiger partial charge in [0.05, 0.1) is 10.7 Å². The maximum atomic E-state index is 11.4. The van der Waals surface area contributed by atoms with Gasteiger partial charge in [-0.1, -0.05) is 17.7 Å². The molecule has 20 heavy (non-hydrogen) atoms. The van der Waals surface area contributed by atoms with Crippen LogP contribution in [-0.4, -0.2) is 10.9 Å². The molecule has 5 nitrogen and oxygen atoms in total. The van der Waals surface area contributed by atoms with E-state index in [9.17, 15) is 4.79 Å². The van der Waals surface area contributed by atoms with E-state index in [-0.39, 0.29) is 5.69 Å². The highest BCUT2D eigenvalue weighted by Crippen LogP contribution is 2.30. The molecule has 1 aromatic heterocycles. The fourth-order valence-corrected chi connectivity index (χ4v) is 2.72. The quantitative estimate of drug-likeness (QED) is 0.265. The van der Waals surface area contributed by atoms with Crippen molar-refractivity contribution in [2.75, 3.05) is 5.73 Å². The van der Waals surface area contributed by atoms with Gasteiger partial charge in [0.1, 0.15) is 5.69 Å². The molecule has 0 unspecified atom stereocenters. The van der Waals surface area contributed by atoms with Crippen LogP contribution in [0.1, 0.15) is 16.2 Å². The molecule has 104 valence electrons. The number of carbonyl (C=O) groups is 1. The third kappa shape index (κ3) is 3.63. The number of rotatable bonds is 4. The number of nitrogens with two attached hydrogens (primary N) is 2. The molecule has 0 bridgehead atoms. The Labute approximate surface area is 125 Å². The molecule has 1 aromatic carbocycles. The lowest BCUT2D eigenvalue weighted by molar-refractivity contribution is 0.0948. The number of hydrogen-bond acceptors (Lipinski definition) is 5. The first-order chi connectivity index (χ1) is 9.60. The third-order valence-electron chi connectivity index (χ3n) is 2.50. The number of nitrogen functional groups attached to an aromatic ring is 2. The SMILES string of the molecule is NNC(=O)c1cccc(CSc2ccc(N)cc2Cl)n1. The number of hydrazine groups is 1. The lowest BCUT2D eigenvalue weighted by atomic mass is 10.3. The second-order valence-corrected chi connectivity index (χ2v) is 5.39. The molecule has 1 amide bonds. The highest BCUT2D eigenvalue weighted by molar-refractivity contribution is 7.98. The van der Waals surface area contributed by atoms with Gasteiger partial charge in [-0.05, 0) is 30.3 Å². The van der Waals surface area contributed by atoms with E-state index in [1.807, 2.05) is 12.1 Å². The van der Waals surface area contributed by atoms with Crippen LogP contribution in [0.25, 0.3) is 0 Å². The van der Waals surface area contributed by atoms with E-state index in [2.05, 4.69) is 10.4 Å². The minimum Gasteiger partial charge on any atom is -0.399 e. The molecule has 7 heteroatoms. The Morgan fingerprint density at radius 3 is 2.85 bits per heavy atom. The van der Waals surface area contributed by atoms with Crippen LogP contribution in [0.2, 0.25) is 5.02 Å². The summed E-state index contributed by atoms with van der Waals surface area (Å²) >= 11 is 7.62. The van der Waals surface area contributed by atoms with Crippen LogP contribution >= 0.6 is 23.4 Å². The number of amides is 1. The first-order valence-corrected chi connectivity index (χ1v) is 7.11. The number of benzene rings is 1. The molecule has 0 atom stereocenters. The van der Waals surface area contributed by atoms with Crippen molar-refractivity contribution < 1.29 is 4.79 Å². The Kier molecular flexibility index (Phi) is 4.84. The van der Waals surface area contributed by atoms with Crippen LogP contribution < -0.4 is 17.0 Å². The summed E-state index contributed by atoms with van der Waals surface area (Å²) in [6.45, 7) is 0. The summed E-state index contributed by atoms with van der Waals surface area (Å²) in [5, 5.41) is 0.603. The maximum absolute atomic E-state index is 11.4. The van der Waals surface area contributed by atoms with Crippen molar-refractivity contribution >= 4 is 35.0 Å². The van der Waals surface area contributed by atoms with Crippen LogP contribution in [-0.2, 0) is 5.75 Å². The van der Waals surface area contributed by atoms with E-state index >= 15 is 0 Å². The fourth-order valence-electron chi connectivity index (χ4n) is 1.55. The second kappa shape index (κ2) is 6.60. The largest absolute Gasteiger partial charge is 0.399 e.